The molecule has 1 saturated carbocycles. The van der Waals surface area contributed by atoms with Crippen LogP contribution in [0.5, 0.6) is 11.5 Å². The number of ether oxygens (including phenoxy) is 2. The Kier molecular flexibility index (Phi) is 9.00. The van der Waals surface area contributed by atoms with Crippen molar-refractivity contribution in [2.45, 2.75) is 63.5 Å². The number of rotatable bonds is 9. The standard InChI is InChI=1S/C25H26F9NO3/c26-23(27,28)21(36)14-35(16-22(24(29,30)31)10-2-1-3-11-22)18-7-5-8-19(13-18)37-15-17-6-4-9-20(12-17)38-25(32,33)34/h4-9,12-13,21,36H,1-3,10-11,14-16H2. The van der Waals surface area contributed by atoms with Gasteiger partial charge in [-0.2, -0.15) is 26.3 Å². The van der Waals surface area contributed by atoms with Crippen LogP contribution >= 0.6 is 0 Å². The number of aliphatic hydroxyl groups is 1. The van der Waals surface area contributed by atoms with E-state index < -0.39 is 49.1 Å². The van der Waals surface area contributed by atoms with Crippen molar-refractivity contribution in [2.75, 3.05) is 18.0 Å². The first-order chi connectivity index (χ1) is 17.6. The van der Waals surface area contributed by atoms with Crippen molar-refractivity contribution in [3.8, 4) is 11.5 Å². The predicted octanol–water partition coefficient (Wildman–Crippen LogP) is 7.41. The highest BCUT2D eigenvalue weighted by Crippen LogP contribution is 2.50. The van der Waals surface area contributed by atoms with Crippen molar-refractivity contribution in [1.82, 2.24) is 0 Å². The van der Waals surface area contributed by atoms with Crippen LogP contribution in [-0.4, -0.2) is 43.0 Å². The van der Waals surface area contributed by atoms with Crippen LogP contribution in [0.15, 0.2) is 48.5 Å². The summed E-state index contributed by atoms with van der Waals surface area (Å²) in [7, 11) is 0. The van der Waals surface area contributed by atoms with Gasteiger partial charge in [0.2, 0.25) is 0 Å². The van der Waals surface area contributed by atoms with Gasteiger partial charge < -0.3 is 19.5 Å². The summed E-state index contributed by atoms with van der Waals surface area (Å²) < 4.78 is 129. The van der Waals surface area contributed by atoms with E-state index in [2.05, 4.69) is 4.74 Å². The number of benzene rings is 2. The van der Waals surface area contributed by atoms with Crippen LogP contribution in [0.1, 0.15) is 37.7 Å². The van der Waals surface area contributed by atoms with E-state index in [0.717, 1.165) is 17.0 Å². The fourth-order valence-corrected chi connectivity index (χ4v) is 4.47. The van der Waals surface area contributed by atoms with Gasteiger partial charge in [-0.1, -0.05) is 37.5 Å². The number of anilines is 1. The van der Waals surface area contributed by atoms with Gasteiger partial charge in [-0.05, 0) is 42.7 Å². The van der Waals surface area contributed by atoms with Crippen LogP contribution in [0, 0.1) is 5.41 Å². The molecule has 212 valence electrons. The minimum atomic E-state index is -5.05. The lowest BCUT2D eigenvalue weighted by Crippen LogP contribution is -2.51. The smallest absolute Gasteiger partial charge is 0.489 e. The highest BCUT2D eigenvalue weighted by Gasteiger charge is 2.55. The zero-order chi connectivity index (χ0) is 28.2. The van der Waals surface area contributed by atoms with E-state index in [-0.39, 0.29) is 49.3 Å². The number of halogens is 9. The zero-order valence-electron chi connectivity index (χ0n) is 20.0. The molecule has 0 aromatic heterocycles. The lowest BCUT2D eigenvalue weighted by Gasteiger charge is -2.43. The van der Waals surface area contributed by atoms with Gasteiger partial charge in [0.15, 0.2) is 6.10 Å². The molecule has 1 N–H and O–H groups in total. The van der Waals surface area contributed by atoms with E-state index in [0.29, 0.717) is 6.42 Å². The van der Waals surface area contributed by atoms with Gasteiger partial charge in [0.1, 0.15) is 18.1 Å². The Morgan fingerprint density at radius 3 is 2.08 bits per heavy atom. The summed E-state index contributed by atoms with van der Waals surface area (Å²) in [5, 5.41) is 9.69. The van der Waals surface area contributed by atoms with E-state index in [1.54, 1.807) is 0 Å². The van der Waals surface area contributed by atoms with Crippen LogP contribution < -0.4 is 14.4 Å². The number of alkyl halides is 9. The first-order valence-corrected chi connectivity index (χ1v) is 11.7. The third-order valence-electron chi connectivity index (χ3n) is 6.40. The molecule has 4 nitrogen and oxygen atoms in total. The second-order valence-electron chi connectivity index (χ2n) is 9.26. The molecule has 1 atom stereocenters. The van der Waals surface area contributed by atoms with Crippen molar-refractivity contribution >= 4 is 5.69 Å². The Bertz CT molecular complexity index is 1050. The molecular formula is C25H26F9NO3. The van der Waals surface area contributed by atoms with Crippen LogP contribution in [-0.2, 0) is 6.61 Å². The van der Waals surface area contributed by atoms with Gasteiger partial charge in [0.05, 0.1) is 12.0 Å². The Morgan fingerprint density at radius 2 is 1.47 bits per heavy atom. The second kappa shape index (κ2) is 11.5. The summed E-state index contributed by atoms with van der Waals surface area (Å²) in [5.41, 5.74) is -2.00. The molecule has 1 aliphatic carbocycles. The van der Waals surface area contributed by atoms with Crippen LogP contribution in [0.4, 0.5) is 45.2 Å². The molecule has 0 aliphatic heterocycles. The molecule has 0 bridgehead atoms. The third kappa shape index (κ3) is 8.08. The first-order valence-electron chi connectivity index (χ1n) is 11.7. The molecule has 0 saturated heterocycles. The Labute approximate surface area is 212 Å². The molecule has 1 unspecified atom stereocenters. The van der Waals surface area contributed by atoms with Gasteiger partial charge in [0, 0.05) is 18.3 Å². The number of hydrogen-bond acceptors (Lipinski definition) is 4. The van der Waals surface area contributed by atoms with Crippen molar-refractivity contribution in [1.29, 1.82) is 0 Å². The average molecular weight is 559 g/mol. The summed E-state index contributed by atoms with van der Waals surface area (Å²) in [6, 6.07) is 10.2. The maximum atomic E-state index is 14.2. The van der Waals surface area contributed by atoms with E-state index >= 15 is 0 Å². The Balaban J connectivity index is 1.84. The van der Waals surface area contributed by atoms with Crippen LogP contribution in [0.25, 0.3) is 0 Å². The molecule has 3 rings (SSSR count). The SMILES string of the molecule is OC(CN(CC1(C(F)(F)F)CCCCC1)c1cccc(OCc2cccc(OC(F)(F)F)c2)c1)C(F)(F)F. The quantitative estimate of drug-likeness (QED) is 0.325. The summed E-state index contributed by atoms with van der Waals surface area (Å²) >= 11 is 0. The number of nitrogens with zero attached hydrogens (tertiary/aromatic N) is 1. The lowest BCUT2D eigenvalue weighted by molar-refractivity contribution is -0.274. The molecule has 2 aromatic carbocycles. The van der Waals surface area contributed by atoms with Gasteiger partial charge in [0.25, 0.3) is 0 Å². The lowest BCUT2D eigenvalue weighted by atomic mass is 9.73. The van der Waals surface area contributed by atoms with Gasteiger partial charge >= 0.3 is 18.7 Å². The Morgan fingerprint density at radius 1 is 0.842 bits per heavy atom. The maximum absolute atomic E-state index is 14.2. The fraction of sp³-hybridized carbons (Fsp3) is 0.520. The molecule has 38 heavy (non-hydrogen) atoms. The van der Waals surface area contributed by atoms with Crippen LogP contribution in [0.3, 0.4) is 0 Å². The highest BCUT2D eigenvalue weighted by atomic mass is 19.4. The first kappa shape index (κ1) is 29.7. The maximum Gasteiger partial charge on any atom is 0.573 e. The van der Waals surface area contributed by atoms with E-state index in [1.165, 1.54) is 36.4 Å². The Hall–Kier alpha value is -2.83. The van der Waals surface area contributed by atoms with Crippen molar-refractivity contribution < 1.29 is 54.1 Å². The summed E-state index contributed by atoms with van der Waals surface area (Å²) in [6.07, 6.45) is -16.9. The number of aliphatic hydroxyl groups excluding tert-OH is 1. The molecule has 2 aromatic rings. The van der Waals surface area contributed by atoms with E-state index in [1.807, 2.05) is 0 Å². The molecular weight excluding hydrogens is 533 g/mol. The number of hydrogen-bond donors (Lipinski definition) is 1. The molecule has 1 aliphatic rings. The topological polar surface area (TPSA) is 41.9 Å². The fourth-order valence-electron chi connectivity index (χ4n) is 4.47. The zero-order valence-corrected chi connectivity index (χ0v) is 20.0. The van der Waals surface area contributed by atoms with Crippen molar-refractivity contribution in [2.24, 2.45) is 5.41 Å². The second-order valence-corrected chi connectivity index (χ2v) is 9.26. The predicted molar refractivity (Wildman–Crippen MR) is 120 cm³/mol. The largest absolute Gasteiger partial charge is 0.573 e. The minimum absolute atomic E-state index is 0.0332. The molecule has 0 spiro atoms. The van der Waals surface area contributed by atoms with E-state index in [9.17, 15) is 44.6 Å². The normalized spacial score (nSPS) is 17.1. The molecule has 0 heterocycles. The molecule has 1 fully saturated rings. The monoisotopic (exact) mass is 559 g/mol. The summed E-state index contributed by atoms with van der Waals surface area (Å²) in [5.74, 6) is -0.426. The average Bonchev–Trinajstić information content (AvgIpc) is 2.81. The summed E-state index contributed by atoms with van der Waals surface area (Å²) in [6.45, 7) is -2.16. The van der Waals surface area contributed by atoms with Gasteiger partial charge in [-0.15, -0.1) is 13.2 Å². The van der Waals surface area contributed by atoms with Gasteiger partial charge in [-0.25, -0.2) is 0 Å². The molecule has 0 radical (unpaired) electrons. The van der Waals surface area contributed by atoms with Crippen molar-refractivity contribution in [3.05, 3.63) is 54.1 Å². The van der Waals surface area contributed by atoms with E-state index in [4.69, 9.17) is 4.74 Å². The minimum Gasteiger partial charge on any atom is -0.489 e. The van der Waals surface area contributed by atoms with Crippen LogP contribution in [0.2, 0.25) is 0 Å². The molecule has 13 heteroatoms. The van der Waals surface area contributed by atoms with Gasteiger partial charge in [-0.3, -0.25) is 0 Å². The third-order valence-corrected chi connectivity index (χ3v) is 6.40. The van der Waals surface area contributed by atoms with Crippen molar-refractivity contribution in [3.63, 3.8) is 0 Å². The highest BCUT2D eigenvalue weighted by molar-refractivity contribution is 5.51. The molecule has 0 amide bonds. The summed E-state index contributed by atoms with van der Waals surface area (Å²) in [4.78, 5) is 0.863.